The van der Waals surface area contributed by atoms with Crippen LogP contribution in [0.2, 0.25) is 5.02 Å². The lowest BCUT2D eigenvalue weighted by Gasteiger charge is -2.25. The molecule has 21 heavy (non-hydrogen) atoms. The van der Waals surface area contributed by atoms with Crippen LogP contribution < -0.4 is 5.32 Å². The summed E-state index contributed by atoms with van der Waals surface area (Å²) in [7, 11) is 0. The molecule has 0 bridgehead atoms. The zero-order chi connectivity index (χ0) is 14.7. The number of fused-ring (bicyclic) bond motifs is 1. The number of carbonyl (C=O) groups excluding carboxylic acids is 1. The Bertz CT molecular complexity index is 667. The second-order valence-corrected chi connectivity index (χ2v) is 7.28. The fraction of sp³-hybridized carbons (Fsp3) is 0.188. The van der Waals surface area contributed by atoms with E-state index in [1.165, 1.54) is 4.90 Å². The summed E-state index contributed by atoms with van der Waals surface area (Å²) in [6, 6.07) is 9.88. The van der Waals surface area contributed by atoms with Gasteiger partial charge in [0, 0.05) is 26.6 Å². The smallest absolute Gasteiger partial charge is 0.244 e. The second kappa shape index (κ2) is 6.69. The first-order valence-electron chi connectivity index (χ1n) is 6.67. The monoisotopic (exact) mass is 335 g/mol. The molecule has 0 aliphatic carbocycles. The highest BCUT2D eigenvalue weighted by molar-refractivity contribution is 7.99. The second-order valence-electron chi connectivity index (χ2n) is 4.73. The van der Waals surface area contributed by atoms with Crippen molar-refractivity contribution in [3.63, 3.8) is 0 Å². The highest BCUT2D eigenvalue weighted by Crippen LogP contribution is 2.37. The Balaban J connectivity index is 1.71. The van der Waals surface area contributed by atoms with Gasteiger partial charge in [0.15, 0.2) is 0 Å². The lowest BCUT2D eigenvalue weighted by Crippen LogP contribution is -2.29. The molecule has 108 valence electrons. The van der Waals surface area contributed by atoms with Gasteiger partial charge in [0.05, 0.1) is 6.04 Å². The van der Waals surface area contributed by atoms with Gasteiger partial charge in [-0.3, -0.25) is 4.79 Å². The molecular formula is C16H14ClNOS2. The number of rotatable bonds is 3. The van der Waals surface area contributed by atoms with Gasteiger partial charge in [-0.15, -0.1) is 23.1 Å². The lowest BCUT2D eigenvalue weighted by molar-refractivity contribution is -0.117. The van der Waals surface area contributed by atoms with Crippen molar-refractivity contribution in [2.45, 2.75) is 17.4 Å². The minimum Gasteiger partial charge on any atom is -0.346 e. The Morgan fingerprint density at radius 2 is 2.29 bits per heavy atom. The van der Waals surface area contributed by atoms with Crippen LogP contribution in [0, 0.1) is 0 Å². The van der Waals surface area contributed by atoms with Crippen LogP contribution in [-0.2, 0) is 4.79 Å². The van der Waals surface area contributed by atoms with Crippen LogP contribution in [0.4, 0.5) is 0 Å². The Hall–Kier alpha value is -1.23. The molecule has 1 atom stereocenters. The van der Waals surface area contributed by atoms with E-state index in [0.29, 0.717) is 5.02 Å². The number of hydrogen-bond donors (Lipinski definition) is 1. The van der Waals surface area contributed by atoms with Crippen molar-refractivity contribution in [1.82, 2.24) is 5.32 Å². The standard InChI is InChI=1S/C16H14ClNOS2/c17-11-3-5-15-13(10-11)14(7-9-21-15)18-16(19)6-4-12-2-1-8-20-12/h1-6,8,10,14H,7,9H2,(H,18,19). The molecule has 1 aromatic heterocycles. The van der Waals surface area contributed by atoms with Crippen LogP contribution in [0.5, 0.6) is 0 Å². The molecule has 1 amide bonds. The summed E-state index contributed by atoms with van der Waals surface area (Å²) in [4.78, 5) is 14.4. The van der Waals surface area contributed by atoms with Crippen molar-refractivity contribution >= 4 is 46.7 Å². The number of nitrogens with one attached hydrogen (secondary N) is 1. The van der Waals surface area contributed by atoms with Crippen molar-refractivity contribution in [2.24, 2.45) is 0 Å². The van der Waals surface area contributed by atoms with E-state index >= 15 is 0 Å². The van der Waals surface area contributed by atoms with E-state index in [2.05, 4.69) is 5.32 Å². The van der Waals surface area contributed by atoms with Crippen molar-refractivity contribution in [3.8, 4) is 0 Å². The largest absolute Gasteiger partial charge is 0.346 e. The molecule has 2 aromatic rings. The summed E-state index contributed by atoms with van der Waals surface area (Å²) >= 11 is 9.50. The van der Waals surface area contributed by atoms with Crippen molar-refractivity contribution in [1.29, 1.82) is 0 Å². The van der Waals surface area contributed by atoms with E-state index in [9.17, 15) is 4.79 Å². The third-order valence-corrected chi connectivity index (χ3v) is 5.47. The Labute approximate surface area is 137 Å². The molecule has 0 radical (unpaired) electrons. The van der Waals surface area contributed by atoms with Gasteiger partial charge in [0.25, 0.3) is 0 Å². The third-order valence-electron chi connectivity index (χ3n) is 3.27. The molecule has 0 spiro atoms. The van der Waals surface area contributed by atoms with Gasteiger partial charge in [-0.1, -0.05) is 17.7 Å². The molecule has 0 saturated heterocycles. The first-order chi connectivity index (χ1) is 10.2. The maximum Gasteiger partial charge on any atom is 0.244 e. The Kier molecular flexibility index (Phi) is 4.68. The van der Waals surface area contributed by atoms with Crippen LogP contribution in [0.15, 0.2) is 46.7 Å². The Morgan fingerprint density at radius 1 is 1.38 bits per heavy atom. The highest BCUT2D eigenvalue weighted by Gasteiger charge is 2.21. The van der Waals surface area contributed by atoms with Crippen LogP contribution in [0.1, 0.15) is 22.9 Å². The van der Waals surface area contributed by atoms with Gasteiger partial charge in [-0.2, -0.15) is 0 Å². The number of thiophene rings is 1. The van der Waals surface area contributed by atoms with E-state index in [1.807, 2.05) is 53.5 Å². The van der Waals surface area contributed by atoms with Crippen molar-refractivity contribution in [3.05, 3.63) is 57.3 Å². The molecule has 5 heteroatoms. The predicted molar refractivity (Wildman–Crippen MR) is 91.0 cm³/mol. The molecule has 1 aliphatic rings. The zero-order valence-corrected chi connectivity index (χ0v) is 13.6. The first-order valence-corrected chi connectivity index (χ1v) is 8.91. The number of thioether (sulfide) groups is 1. The number of benzene rings is 1. The fourth-order valence-corrected chi connectivity index (χ4v) is 4.18. The fourth-order valence-electron chi connectivity index (χ4n) is 2.28. The molecule has 1 aliphatic heterocycles. The quantitative estimate of drug-likeness (QED) is 0.819. The summed E-state index contributed by atoms with van der Waals surface area (Å²) in [6.45, 7) is 0. The lowest BCUT2D eigenvalue weighted by atomic mass is 10.0. The van der Waals surface area contributed by atoms with Gasteiger partial charge in [0.1, 0.15) is 0 Å². The summed E-state index contributed by atoms with van der Waals surface area (Å²) < 4.78 is 0. The average Bonchev–Trinajstić information content (AvgIpc) is 2.99. The SMILES string of the molecule is O=C(C=Cc1cccs1)NC1CCSc2ccc(Cl)cc21. The van der Waals surface area contributed by atoms with Crippen LogP contribution in [0.3, 0.4) is 0 Å². The molecule has 0 fully saturated rings. The molecule has 2 heterocycles. The average molecular weight is 336 g/mol. The predicted octanol–water partition coefficient (Wildman–Crippen LogP) is 4.77. The molecular weight excluding hydrogens is 322 g/mol. The van der Waals surface area contributed by atoms with Crippen molar-refractivity contribution in [2.75, 3.05) is 5.75 Å². The summed E-state index contributed by atoms with van der Waals surface area (Å²) in [6.07, 6.45) is 4.37. The summed E-state index contributed by atoms with van der Waals surface area (Å²) in [5.41, 5.74) is 1.12. The van der Waals surface area contributed by atoms with Crippen molar-refractivity contribution < 1.29 is 4.79 Å². The molecule has 1 N–H and O–H groups in total. The number of carbonyl (C=O) groups is 1. The van der Waals surface area contributed by atoms with E-state index in [4.69, 9.17) is 11.6 Å². The van der Waals surface area contributed by atoms with Gasteiger partial charge in [-0.05, 0) is 47.7 Å². The number of halogens is 1. The summed E-state index contributed by atoms with van der Waals surface area (Å²) in [5, 5.41) is 5.78. The third kappa shape index (κ3) is 3.70. The number of amides is 1. The van der Waals surface area contributed by atoms with Crippen LogP contribution in [-0.4, -0.2) is 11.7 Å². The normalized spacial score (nSPS) is 17.7. The van der Waals surface area contributed by atoms with E-state index < -0.39 is 0 Å². The highest BCUT2D eigenvalue weighted by atomic mass is 35.5. The minimum absolute atomic E-state index is 0.0421. The maximum absolute atomic E-state index is 12.1. The molecule has 1 unspecified atom stereocenters. The van der Waals surface area contributed by atoms with E-state index in [-0.39, 0.29) is 11.9 Å². The van der Waals surface area contributed by atoms with E-state index in [1.54, 1.807) is 17.4 Å². The van der Waals surface area contributed by atoms with Crippen LogP contribution in [0.25, 0.3) is 6.08 Å². The van der Waals surface area contributed by atoms with E-state index in [0.717, 1.165) is 22.6 Å². The van der Waals surface area contributed by atoms with Gasteiger partial charge in [0.2, 0.25) is 5.91 Å². The Morgan fingerprint density at radius 3 is 3.10 bits per heavy atom. The van der Waals surface area contributed by atoms with Crippen LogP contribution >= 0.6 is 34.7 Å². The first kappa shape index (κ1) is 14.7. The molecule has 1 aromatic carbocycles. The molecule has 0 saturated carbocycles. The zero-order valence-electron chi connectivity index (χ0n) is 11.2. The topological polar surface area (TPSA) is 29.1 Å². The summed E-state index contributed by atoms with van der Waals surface area (Å²) in [5.74, 6) is 0.944. The van der Waals surface area contributed by atoms with Gasteiger partial charge < -0.3 is 5.32 Å². The number of hydrogen-bond acceptors (Lipinski definition) is 3. The van der Waals surface area contributed by atoms with Gasteiger partial charge >= 0.3 is 0 Å². The maximum atomic E-state index is 12.1. The minimum atomic E-state index is -0.0637. The van der Waals surface area contributed by atoms with Gasteiger partial charge in [-0.25, -0.2) is 0 Å². The molecule has 3 rings (SSSR count). The molecule has 2 nitrogen and oxygen atoms in total.